The summed E-state index contributed by atoms with van der Waals surface area (Å²) in [6.07, 6.45) is 2.03. The highest BCUT2D eigenvalue weighted by Gasteiger charge is 2.33. The zero-order valence-corrected chi connectivity index (χ0v) is 14.9. The third kappa shape index (κ3) is 3.11. The van der Waals surface area contributed by atoms with Crippen LogP contribution < -0.4 is 10.4 Å². The summed E-state index contributed by atoms with van der Waals surface area (Å²) >= 11 is 0. The van der Waals surface area contributed by atoms with Crippen LogP contribution in [0.15, 0.2) is 46.2 Å². The second-order valence-corrected chi connectivity index (χ2v) is 8.25. The van der Waals surface area contributed by atoms with Gasteiger partial charge in [-0.05, 0) is 43.7 Å². The van der Waals surface area contributed by atoms with Crippen molar-refractivity contribution >= 4 is 21.1 Å². The van der Waals surface area contributed by atoms with Crippen LogP contribution in [0, 0.1) is 6.92 Å². The first-order chi connectivity index (χ1) is 12.4. The number of benzene rings is 1. The summed E-state index contributed by atoms with van der Waals surface area (Å²) < 4.78 is 33.0. The Bertz CT molecular complexity index is 1100. The molecule has 1 saturated heterocycles. The maximum atomic E-state index is 12.9. The first-order valence-electron chi connectivity index (χ1n) is 8.23. The summed E-state index contributed by atoms with van der Waals surface area (Å²) in [5.41, 5.74) is 1.57. The molecule has 2 N–H and O–H groups in total. The highest BCUT2D eigenvalue weighted by atomic mass is 32.2. The number of imidazole rings is 1. The van der Waals surface area contributed by atoms with Gasteiger partial charge in [-0.3, -0.25) is 4.98 Å². The standard InChI is InChI=1S/C17H18N4O4S/c1-11-2-3-12(9-18-11)25-13-6-7-21(10-13)26(23,24)14-4-5-15-16(8-14)20-17(22)19-15/h2-5,8-9,13H,6-7,10H2,1H3,(H2,19,20,22)/t13-/m0/s1. The lowest BCUT2D eigenvalue weighted by atomic mass is 10.3. The zero-order chi connectivity index (χ0) is 18.3. The number of hydrogen-bond donors (Lipinski definition) is 2. The lowest BCUT2D eigenvalue weighted by molar-refractivity contribution is 0.214. The first kappa shape index (κ1) is 16.8. The fraction of sp³-hybridized carbons (Fsp3) is 0.294. The van der Waals surface area contributed by atoms with E-state index in [0.717, 1.165) is 5.69 Å². The highest BCUT2D eigenvalue weighted by Crippen LogP contribution is 2.25. The summed E-state index contributed by atoms with van der Waals surface area (Å²) in [6.45, 7) is 2.55. The molecule has 3 aromatic rings. The van der Waals surface area contributed by atoms with Crippen molar-refractivity contribution in [1.29, 1.82) is 0 Å². The molecule has 4 rings (SSSR count). The number of hydrogen-bond acceptors (Lipinski definition) is 5. The summed E-state index contributed by atoms with van der Waals surface area (Å²) in [7, 11) is -3.65. The van der Waals surface area contributed by atoms with Crippen LogP contribution in [-0.2, 0) is 10.0 Å². The molecule has 0 radical (unpaired) electrons. The van der Waals surface area contributed by atoms with Gasteiger partial charge in [-0.1, -0.05) is 0 Å². The van der Waals surface area contributed by atoms with E-state index >= 15 is 0 Å². The second kappa shape index (κ2) is 6.26. The quantitative estimate of drug-likeness (QED) is 0.718. The van der Waals surface area contributed by atoms with Crippen LogP contribution in [0.2, 0.25) is 0 Å². The van der Waals surface area contributed by atoms with E-state index in [2.05, 4.69) is 15.0 Å². The van der Waals surface area contributed by atoms with Crippen molar-refractivity contribution in [3.8, 4) is 5.75 Å². The van der Waals surface area contributed by atoms with Crippen LogP contribution in [0.5, 0.6) is 5.75 Å². The van der Waals surface area contributed by atoms with E-state index in [4.69, 9.17) is 4.74 Å². The summed E-state index contributed by atoms with van der Waals surface area (Å²) in [5, 5.41) is 0. The van der Waals surface area contributed by atoms with Gasteiger partial charge in [-0.15, -0.1) is 0 Å². The van der Waals surface area contributed by atoms with Crippen molar-refractivity contribution in [1.82, 2.24) is 19.3 Å². The molecule has 8 nitrogen and oxygen atoms in total. The number of nitrogens with zero attached hydrogens (tertiary/aromatic N) is 2. The van der Waals surface area contributed by atoms with Gasteiger partial charge in [0.05, 0.1) is 28.7 Å². The molecule has 0 amide bonds. The minimum absolute atomic E-state index is 0.151. The molecule has 0 unspecified atom stereocenters. The van der Waals surface area contributed by atoms with Crippen LogP contribution >= 0.6 is 0 Å². The van der Waals surface area contributed by atoms with E-state index in [1.807, 2.05) is 19.1 Å². The van der Waals surface area contributed by atoms with Crippen LogP contribution in [0.3, 0.4) is 0 Å². The molecule has 26 heavy (non-hydrogen) atoms. The molecule has 0 saturated carbocycles. The van der Waals surface area contributed by atoms with Crippen molar-refractivity contribution < 1.29 is 13.2 Å². The van der Waals surface area contributed by atoms with Crippen molar-refractivity contribution in [2.45, 2.75) is 24.3 Å². The minimum Gasteiger partial charge on any atom is -0.487 e. The Kier molecular flexibility index (Phi) is 4.04. The molecular formula is C17H18N4O4S. The van der Waals surface area contributed by atoms with Crippen LogP contribution in [0.25, 0.3) is 11.0 Å². The molecule has 2 aromatic heterocycles. The Labute approximate surface area is 149 Å². The maximum Gasteiger partial charge on any atom is 0.323 e. The predicted octanol–water partition coefficient (Wildman–Crippen LogP) is 1.40. The van der Waals surface area contributed by atoms with Crippen molar-refractivity contribution in [2.24, 2.45) is 0 Å². The average Bonchev–Trinajstić information content (AvgIpc) is 3.22. The van der Waals surface area contributed by atoms with Crippen molar-refractivity contribution in [3.05, 3.63) is 52.7 Å². The molecule has 0 aliphatic carbocycles. The number of ether oxygens (including phenoxy) is 1. The van der Waals surface area contributed by atoms with Gasteiger partial charge >= 0.3 is 5.69 Å². The van der Waals surface area contributed by atoms with Gasteiger partial charge in [-0.25, -0.2) is 13.2 Å². The SMILES string of the molecule is Cc1ccc(O[C@H]2CCN(S(=O)(=O)c3ccc4[nH]c(=O)[nH]c4c3)C2)cn1. The van der Waals surface area contributed by atoms with E-state index < -0.39 is 10.0 Å². The van der Waals surface area contributed by atoms with E-state index in [9.17, 15) is 13.2 Å². The molecular weight excluding hydrogens is 356 g/mol. The fourth-order valence-electron chi connectivity index (χ4n) is 3.05. The van der Waals surface area contributed by atoms with Gasteiger partial charge in [0.2, 0.25) is 10.0 Å². The first-order valence-corrected chi connectivity index (χ1v) is 9.67. The van der Waals surface area contributed by atoms with Gasteiger partial charge in [0.15, 0.2) is 0 Å². The van der Waals surface area contributed by atoms with Gasteiger partial charge in [-0.2, -0.15) is 4.31 Å². The van der Waals surface area contributed by atoms with Crippen LogP contribution in [0.1, 0.15) is 12.1 Å². The number of aromatic amines is 2. The third-order valence-corrected chi connectivity index (χ3v) is 6.28. The topological polar surface area (TPSA) is 108 Å². The van der Waals surface area contributed by atoms with E-state index in [-0.39, 0.29) is 23.2 Å². The molecule has 1 atom stereocenters. The minimum atomic E-state index is -3.65. The van der Waals surface area contributed by atoms with Crippen LogP contribution in [0.4, 0.5) is 0 Å². The predicted molar refractivity (Wildman–Crippen MR) is 95.7 cm³/mol. The molecule has 136 valence electrons. The normalized spacial score (nSPS) is 18.4. The number of nitrogens with one attached hydrogen (secondary N) is 2. The number of aromatic nitrogens is 3. The maximum absolute atomic E-state index is 12.9. The lowest BCUT2D eigenvalue weighted by Gasteiger charge is -2.17. The largest absolute Gasteiger partial charge is 0.487 e. The van der Waals surface area contributed by atoms with Gasteiger partial charge in [0.1, 0.15) is 11.9 Å². The third-order valence-electron chi connectivity index (χ3n) is 4.42. The summed E-state index contributed by atoms with van der Waals surface area (Å²) in [5.74, 6) is 0.631. The molecule has 3 heterocycles. The van der Waals surface area contributed by atoms with E-state index in [1.165, 1.54) is 16.4 Å². The fourth-order valence-corrected chi connectivity index (χ4v) is 4.56. The highest BCUT2D eigenvalue weighted by molar-refractivity contribution is 7.89. The Hall–Kier alpha value is -2.65. The Morgan fingerprint density at radius 3 is 2.77 bits per heavy atom. The number of sulfonamides is 1. The molecule has 1 aromatic carbocycles. The van der Waals surface area contributed by atoms with Crippen LogP contribution in [-0.4, -0.2) is 46.9 Å². The van der Waals surface area contributed by atoms with Gasteiger partial charge in [0.25, 0.3) is 0 Å². The molecule has 0 bridgehead atoms. The molecule has 0 spiro atoms. The van der Waals surface area contributed by atoms with Crippen molar-refractivity contribution in [3.63, 3.8) is 0 Å². The molecule has 1 aliphatic rings. The number of aryl methyl sites for hydroxylation is 1. The Morgan fingerprint density at radius 2 is 2.00 bits per heavy atom. The number of rotatable bonds is 4. The smallest absolute Gasteiger partial charge is 0.323 e. The monoisotopic (exact) mass is 374 g/mol. The zero-order valence-electron chi connectivity index (χ0n) is 14.1. The Morgan fingerprint density at radius 1 is 1.19 bits per heavy atom. The summed E-state index contributed by atoms with van der Waals surface area (Å²) in [6, 6.07) is 8.24. The second-order valence-electron chi connectivity index (χ2n) is 6.31. The summed E-state index contributed by atoms with van der Waals surface area (Å²) in [4.78, 5) is 20.9. The molecule has 1 fully saturated rings. The van der Waals surface area contributed by atoms with E-state index in [1.54, 1.807) is 12.3 Å². The van der Waals surface area contributed by atoms with Gasteiger partial charge < -0.3 is 14.7 Å². The number of fused-ring (bicyclic) bond motifs is 1. The molecule has 9 heteroatoms. The average molecular weight is 374 g/mol. The molecule has 1 aliphatic heterocycles. The number of pyridine rings is 1. The lowest BCUT2D eigenvalue weighted by Crippen LogP contribution is -2.31. The van der Waals surface area contributed by atoms with Gasteiger partial charge in [0, 0.05) is 12.2 Å². The van der Waals surface area contributed by atoms with Crippen molar-refractivity contribution in [2.75, 3.05) is 13.1 Å². The van der Waals surface area contributed by atoms with E-state index in [0.29, 0.717) is 29.7 Å². The Balaban J connectivity index is 1.52. The number of H-pyrrole nitrogens is 2.